The molecule has 106 valence electrons. The summed E-state index contributed by atoms with van der Waals surface area (Å²) in [6.45, 7) is 3.86. The fraction of sp³-hybridized carbons (Fsp3) is 0.333. The van der Waals surface area contributed by atoms with Gasteiger partial charge in [0.15, 0.2) is 0 Å². The molecule has 0 aliphatic rings. The minimum absolute atomic E-state index is 0.0195. The summed E-state index contributed by atoms with van der Waals surface area (Å²) < 4.78 is 5.52. The number of anilines is 1. The van der Waals surface area contributed by atoms with Gasteiger partial charge in [0.2, 0.25) is 5.88 Å². The zero-order valence-electron chi connectivity index (χ0n) is 11.7. The first-order chi connectivity index (χ1) is 9.69. The molecule has 0 fully saturated rings. The van der Waals surface area contributed by atoms with Gasteiger partial charge in [-0.3, -0.25) is 0 Å². The molecule has 0 saturated carbocycles. The minimum Gasteiger partial charge on any atom is -0.475 e. The van der Waals surface area contributed by atoms with Crippen molar-refractivity contribution in [3.05, 3.63) is 48.3 Å². The van der Waals surface area contributed by atoms with Crippen LogP contribution in [0.4, 0.5) is 5.82 Å². The van der Waals surface area contributed by atoms with Gasteiger partial charge < -0.3 is 15.2 Å². The predicted octanol–water partition coefficient (Wildman–Crippen LogP) is 2.41. The molecule has 0 aliphatic heterocycles. The van der Waals surface area contributed by atoms with E-state index in [0.29, 0.717) is 11.7 Å². The van der Waals surface area contributed by atoms with E-state index in [4.69, 9.17) is 4.74 Å². The van der Waals surface area contributed by atoms with Crippen LogP contribution in [0.1, 0.15) is 25.5 Å². The molecular weight excluding hydrogens is 254 g/mol. The Morgan fingerprint density at radius 3 is 2.60 bits per heavy atom. The molecule has 5 nitrogen and oxygen atoms in total. The van der Waals surface area contributed by atoms with E-state index in [1.165, 1.54) is 6.33 Å². The SMILES string of the molecule is CC(C)Oc1cc(NC(CO)c2ccccc2)ncn1. The van der Waals surface area contributed by atoms with Gasteiger partial charge in [0.25, 0.3) is 0 Å². The molecule has 1 atom stereocenters. The molecular formula is C15H19N3O2. The van der Waals surface area contributed by atoms with Gasteiger partial charge >= 0.3 is 0 Å². The van der Waals surface area contributed by atoms with Crippen LogP contribution < -0.4 is 10.1 Å². The highest BCUT2D eigenvalue weighted by Gasteiger charge is 2.11. The second-order valence-corrected chi connectivity index (χ2v) is 4.70. The lowest BCUT2D eigenvalue weighted by Gasteiger charge is -2.17. The largest absolute Gasteiger partial charge is 0.475 e. The Morgan fingerprint density at radius 2 is 1.95 bits per heavy atom. The normalized spacial score (nSPS) is 12.2. The summed E-state index contributed by atoms with van der Waals surface area (Å²) >= 11 is 0. The number of ether oxygens (including phenoxy) is 1. The average molecular weight is 273 g/mol. The van der Waals surface area contributed by atoms with Crippen molar-refractivity contribution in [3.63, 3.8) is 0 Å². The van der Waals surface area contributed by atoms with Crippen LogP contribution >= 0.6 is 0 Å². The number of nitrogens with one attached hydrogen (secondary N) is 1. The Hall–Kier alpha value is -2.14. The van der Waals surface area contributed by atoms with E-state index < -0.39 is 0 Å². The molecule has 2 aromatic rings. The van der Waals surface area contributed by atoms with Crippen LogP contribution in [-0.4, -0.2) is 27.8 Å². The summed E-state index contributed by atoms with van der Waals surface area (Å²) in [5.74, 6) is 1.14. The third-order valence-corrected chi connectivity index (χ3v) is 2.71. The van der Waals surface area contributed by atoms with Crippen LogP contribution in [0.3, 0.4) is 0 Å². The van der Waals surface area contributed by atoms with Gasteiger partial charge in [-0.05, 0) is 19.4 Å². The maximum atomic E-state index is 9.52. The minimum atomic E-state index is -0.210. The van der Waals surface area contributed by atoms with Crippen LogP contribution in [0, 0.1) is 0 Å². The summed E-state index contributed by atoms with van der Waals surface area (Å²) in [5, 5.41) is 12.7. The van der Waals surface area contributed by atoms with Gasteiger partial charge in [-0.1, -0.05) is 30.3 Å². The van der Waals surface area contributed by atoms with Crippen molar-refractivity contribution in [3.8, 4) is 5.88 Å². The Kier molecular flexibility index (Phi) is 4.90. The molecule has 1 aromatic carbocycles. The molecule has 0 saturated heterocycles. The van der Waals surface area contributed by atoms with Gasteiger partial charge in [0.05, 0.1) is 18.8 Å². The Morgan fingerprint density at radius 1 is 1.20 bits per heavy atom. The van der Waals surface area contributed by atoms with Crippen molar-refractivity contribution in [2.45, 2.75) is 26.0 Å². The van der Waals surface area contributed by atoms with Crippen molar-refractivity contribution in [2.75, 3.05) is 11.9 Å². The standard InChI is InChI=1S/C15H19N3O2/c1-11(2)20-15-8-14(16-10-17-15)18-13(9-19)12-6-4-3-5-7-12/h3-8,10-11,13,19H,9H2,1-2H3,(H,16,17,18). The number of hydrogen-bond acceptors (Lipinski definition) is 5. The summed E-state index contributed by atoms with van der Waals surface area (Å²) in [6.07, 6.45) is 1.50. The molecule has 0 radical (unpaired) electrons. The Labute approximate surface area is 118 Å². The number of nitrogens with zero attached hydrogens (tertiary/aromatic N) is 2. The second-order valence-electron chi connectivity index (χ2n) is 4.70. The number of aromatic nitrogens is 2. The smallest absolute Gasteiger partial charge is 0.218 e. The lowest BCUT2D eigenvalue weighted by atomic mass is 10.1. The van der Waals surface area contributed by atoms with E-state index in [0.717, 1.165) is 5.56 Å². The average Bonchev–Trinajstić information content (AvgIpc) is 2.45. The van der Waals surface area contributed by atoms with Gasteiger partial charge in [0, 0.05) is 6.07 Å². The van der Waals surface area contributed by atoms with E-state index in [9.17, 15) is 5.11 Å². The molecule has 2 rings (SSSR count). The molecule has 1 unspecified atom stereocenters. The van der Waals surface area contributed by atoms with Crippen LogP contribution in [0.15, 0.2) is 42.7 Å². The lowest BCUT2D eigenvalue weighted by molar-refractivity contribution is 0.232. The van der Waals surface area contributed by atoms with Crippen molar-refractivity contribution >= 4 is 5.82 Å². The maximum Gasteiger partial charge on any atom is 0.218 e. The summed E-state index contributed by atoms with van der Waals surface area (Å²) in [6, 6.07) is 11.3. The molecule has 1 aromatic heterocycles. The van der Waals surface area contributed by atoms with Crippen LogP contribution in [0.2, 0.25) is 0 Å². The fourth-order valence-electron chi connectivity index (χ4n) is 1.82. The number of rotatable bonds is 6. The van der Waals surface area contributed by atoms with Crippen LogP contribution in [-0.2, 0) is 0 Å². The van der Waals surface area contributed by atoms with Crippen molar-refractivity contribution < 1.29 is 9.84 Å². The molecule has 0 amide bonds. The number of benzene rings is 1. The second kappa shape index (κ2) is 6.86. The maximum absolute atomic E-state index is 9.52. The first-order valence-corrected chi connectivity index (χ1v) is 6.60. The quantitative estimate of drug-likeness (QED) is 0.846. The van der Waals surface area contributed by atoms with E-state index in [-0.39, 0.29) is 18.8 Å². The van der Waals surface area contributed by atoms with Crippen LogP contribution in [0.5, 0.6) is 5.88 Å². The van der Waals surface area contributed by atoms with E-state index in [2.05, 4.69) is 15.3 Å². The zero-order valence-corrected chi connectivity index (χ0v) is 11.7. The third-order valence-electron chi connectivity index (χ3n) is 2.71. The predicted molar refractivity (Wildman–Crippen MR) is 77.7 cm³/mol. The summed E-state index contributed by atoms with van der Waals surface area (Å²) in [7, 11) is 0. The fourth-order valence-corrected chi connectivity index (χ4v) is 1.82. The first-order valence-electron chi connectivity index (χ1n) is 6.60. The Bertz CT molecular complexity index is 532. The monoisotopic (exact) mass is 273 g/mol. The summed E-state index contributed by atoms with van der Waals surface area (Å²) in [5.41, 5.74) is 1.000. The molecule has 1 heterocycles. The van der Waals surface area contributed by atoms with Crippen molar-refractivity contribution in [1.29, 1.82) is 0 Å². The highest BCUT2D eigenvalue weighted by atomic mass is 16.5. The number of hydrogen-bond donors (Lipinski definition) is 2. The number of aliphatic hydroxyl groups is 1. The first kappa shape index (κ1) is 14.3. The van der Waals surface area contributed by atoms with E-state index in [1.807, 2.05) is 44.2 Å². The van der Waals surface area contributed by atoms with E-state index in [1.54, 1.807) is 6.07 Å². The third kappa shape index (κ3) is 3.93. The Balaban J connectivity index is 2.12. The topological polar surface area (TPSA) is 67.3 Å². The lowest BCUT2D eigenvalue weighted by Crippen LogP contribution is -2.16. The van der Waals surface area contributed by atoms with Gasteiger partial charge in [-0.15, -0.1) is 0 Å². The molecule has 0 bridgehead atoms. The summed E-state index contributed by atoms with van der Waals surface area (Å²) in [4.78, 5) is 8.20. The molecule has 20 heavy (non-hydrogen) atoms. The number of aliphatic hydroxyl groups excluding tert-OH is 1. The highest BCUT2D eigenvalue weighted by molar-refractivity contribution is 5.40. The molecule has 0 spiro atoms. The van der Waals surface area contributed by atoms with Gasteiger partial charge in [-0.2, -0.15) is 0 Å². The van der Waals surface area contributed by atoms with Crippen molar-refractivity contribution in [2.24, 2.45) is 0 Å². The van der Waals surface area contributed by atoms with Crippen molar-refractivity contribution in [1.82, 2.24) is 9.97 Å². The molecule has 5 heteroatoms. The molecule has 0 aliphatic carbocycles. The zero-order chi connectivity index (χ0) is 14.4. The van der Waals surface area contributed by atoms with Crippen LogP contribution in [0.25, 0.3) is 0 Å². The van der Waals surface area contributed by atoms with Gasteiger partial charge in [-0.25, -0.2) is 9.97 Å². The highest BCUT2D eigenvalue weighted by Crippen LogP contribution is 2.19. The molecule has 2 N–H and O–H groups in total. The van der Waals surface area contributed by atoms with Gasteiger partial charge in [0.1, 0.15) is 12.1 Å². The van der Waals surface area contributed by atoms with E-state index >= 15 is 0 Å².